The molecule has 0 saturated carbocycles. The Morgan fingerprint density at radius 3 is 2.12 bits per heavy atom. The molecule has 0 bridgehead atoms. The van der Waals surface area contributed by atoms with Gasteiger partial charge < -0.3 is 0 Å². The van der Waals surface area contributed by atoms with Gasteiger partial charge in [0.05, 0.1) is 6.42 Å². The van der Waals surface area contributed by atoms with Gasteiger partial charge in [0.2, 0.25) is 0 Å². The number of hydrogen-bond donors (Lipinski definition) is 1. The van der Waals surface area contributed by atoms with Crippen molar-refractivity contribution in [2.45, 2.75) is 19.8 Å². The predicted molar refractivity (Wildman–Crippen MR) is 33.9 cm³/mol. The minimum absolute atomic E-state index is 0.0282. The molecule has 46 valence electrons. The Morgan fingerprint density at radius 2 is 2.00 bits per heavy atom. The minimum Gasteiger partial charge on any atom is -0.299 e. The molecule has 0 amide bonds. The molecule has 0 N–H and O–H groups in total. The van der Waals surface area contributed by atoms with E-state index in [0.717, 1.165) is 0 Å². The zero-order valence-corrected chi connectivity index (χ0v) is 5.57. The fourth-order valence-corrected chi connectivity index (χ4v) is 0.470. The molecular weight excluding hydrogens is 124 g/mol. The number of carbonyl (C=O) groups is 2. The molecule has 0 rings (SSSR count). The maximum atomic E-state index is 10.4. The van der Waals surface area contributed by atoms with Gasteiger partial charge in [-0.2, -0.15) is 0 Å². The third-order valence-electron chi connectivity index (χ3n) is 0.743. The van der Waals surface area contributed by atoms with Gasteiger partial charge >= 0.3 is 0 Å². The second-order valence-corrected chi connectivity index (χ2v) is 1.96. The van der Waals surface area contributed by atoms with E-state index < -0.39 is 0 Å². The molecule has 0 aliphatic rings. The molecule has 0 aliphatic carbocycles. The summed E-state index contributed by atoms with van der Waals surface area (Å²) in [5.74, 6) is -0.0509. The number of Topliss-reactive ketones (excluding diaryl/α,β-unsaturated/α-hetero) is 1. The van der Waals surface area contributed by atoms with Crippen molar-refractivity contribution in [2.75, 3.05) is 0 Å². The Morgan fingerprint density at radius 1 is 1.50 bits per heavy atom. The van der Waals surface area contributed by atoms with Crippen molar-refractivity contribution in [3.05, 3.63) is 0 Å². The SMILES string of the molecule is CCC(=O)CC(=O)S. The molecular formula is C5H8O2S. The summed E-state index contributed by atoms with van der Waals surface area (Å²) in [6.07, 6.45) is 0.395. The number of carbonyl (C=O) groups excluding carboxylic acids is 2. The van der Waals surface area contributed by atoms with Crippen LogP contribution in [-0.4, -0.2) is 10.9 Å². The predicted octanol–water partition coefficient (Wildman–Crippen LogP) is 0.812. The molecule has 0 unspecified atom stereocenters. The smallest absolute Gasteiger partial charge is 0.193 e. The molecule has 0 fully saturated rings. The van der Waals surface area contributed by atoms with Crippen LogP contribution in [0, 0.1) is 0 Å². The Kier molecular flexibility index (Phi) is 3.52. The normalized spacial score (nSPS) is 8.75. The molecule has 0 aromatic heterocycles. The van der Waals surface area contributed by atoms with E-state index >= 15 is 0 Å². The molecule has 0 heterocycles. The van der Waals surface area contributed by atoms with Crippen LogP contribution < -0.4 is 0 Å². The molecule has 0 atom stereocenters. The van der Waals surface area contributed by atoms with Crippen molar-refractivity contribution in [1.29, 1.82) is 0 Å². The lowest BCUT2D eigenvalue weighted by atomic mass is 10.2. The second-order valence-electron chi connectivity index (χ2n) is 1.46. The Balaban J connectivity index is 3.40. The Hall–Kier alpha value is -0.310. The fourth-order valence-electron chi connectivity index (χ4n) is 0.294. The van der Waals surface area contributed by atoms with E-state index in [2.05, 4.69) is 12.6 Å². The highest BCUT2D eigenvalue weighted by molar-refractivity contribution is 7.96. The maximum Gasteiger partial charge on any atom is 0.193 e. The molecule has 2 nitrogen and oxygen atoms in total. The van der Waals surface area contributed by atoms with E-state index in [-0.39, 0.29) is 17.3 Å². The summed E-state index contributed by atoms with van der Waals surface area (Å²) < 4.78 is 0. The maximum absolute atomic E-state index is 10.4. The standard InChI is InChI=1S/C5H8O2S/c1-2-4(6)3-5(7)8/h2-3H2,1H3,(H,7,8). The topological polar surface area (TPSA) is 34.1 Å². The van der Waals surface area contributed by atoms with Crippen molar-refractivity contribution >= 4 is 23.5 Å². The van der Waals surface area contributed by atoms with Gasteiger partial charge in [0.1, 0.15) is 5.78 Å². The number of ketones is 1. The third-order valence-corrected chi connectivity index (χ3v) is 0.901. The van der Waals surface area contributed by atoms with Crippen LogP contribution in [0.25, 0.3) is 0 Å². The first kappa shape index (κ1) is 7.69. The summed E-state index contributed by atoms with van der Waals surface area (Å²) in [4.78, 5) is 20.4. The van der Waals surface area contributed by atoms with Crippen LogP contribution in [0.4, 0.5) is 0 Å². The minimum atomic E-state index is -0.350. The summed E-state index contributed by atoms with van der Waals surface area (Å²) in [5, 5.41) is -0.350. The van der Waals surface area contributed by atoms with E-state index in [4.69, 9.17) is 0 Å². The van der Waals surface area contributed by atoms with E-state index in [9.17, 15) is 9.59 Å². The number of hydrogen-bond acceptors (Lipinski definition) is 2. The Bertz CT molecular complexity index is 109. The van der Waals surface area contributed by atoms with E-state index in [1.807, 2.05) is 0 Å². The first-order valence-electron chi connectivity index (χ1n) is 2.40. The summed E-state index contributed by atoms with van der Waals surface area (Å²) >= 11 is 3.43. The van der Waals surface area contributed by atoms with Gasteiger partial charge in [0, 0.05) is 6.42 Å². The zero-order chi connectivity index (χ0) is 6.57. The van der Waals surface area contributed by atoms with Crippen molar-refractivity contribution < 1.29 is 9.59 Å². The summed E-state index contributed by atoms with van der Waals surface area (Å²) in [7, 11) is 0. The molecule has 0 saturated heterocycles. The van der Waals surface area contributed by atoms with Crippen LogP contribution in [0.3, 0.4) is 0 Å². The molecule has 0 aromatic carbocycles. The monoisotopic (exact) mass is 132 g/mol. The van der Waals surface area contributed by atoms with Crippen molar-refractivity contribution in [3.63, 3.8) is 0 Å². The second kappa shape index (κ2) is 3.66. The highest BCUT2D eigenvalue weighted by Gasteiger charge is 2.00. The summed E-state index contributed by atoms with van der Waals surface area (Å²) in [6.45, 7) is 1.72. The Labute approximate surface area is 53.7 Å². The molecule has 0 aliphatic heterocycles. The van der Waals surface area contributed by atoms with Gasteiger partial charge in [-0.3, -0.25) is 9.59 Å². The van der Waals surface area contributed by atoms with Crippen LogP contribution in [0.5, 0.6) is 0 Å². The molecule has 8 heavy (non-hydrogen) atoms. The van der Waals surface area contributed by atoms with Gasteiger partial charge in [-0.1, -0.05) is 6.92 Å². The van der Waals surface area contributed by atoms with E-state index in [1.54, 1.807) is 6.92 Å². The van der Waals surface area contributed by atoms with Crippen molar-refractivity contribution in [2.24, 2.45) is 0 Å². The summed E-state index contributed by atoms with van der Waals surface area (Å²) in [5.41, 5.74) is 0. The van der Waals surface area contributed by atoms with Gasteiger partial charge in [0.25, 0.3) is 0 Å². The van der Waals surface area contributed by atoms with Gasteiger partial charge in [-0.05, 0) is 0 Å². The molecule has 3 heteroatoms. The van der Waals surface area contributed by atoms with E-state index in [1.165, 1.54) is 0 Å². The van der Waals surface area contributed by atoms with Crippen molar-refractivity contribution in [3.8, 4) is 0 Å². The van der Waals surface area contributed by atoms with Gasteiger partial charge in [-0.25, -0.2) is 0 Å². The molecule has 0 radical (unpaired) electrons. The lowest BCUT2D eigenvalue weighted by Gasteiger charge is -1.86. The lowest BCUT2D eigenvalue weighted by Crippen LogP contribution is -1.99. The average Bonchev–Trinajstić information content (AvgIpc) is 1.65. The largest absolute Gasteiger partial charge is 0.299 e. The van der Waals surface area contributed by atoms with Crippen LogP contribution in [0.2, 0.25) is 0 Å². The highest BCUT2D eigenvalue weighted by atomic mass is 32.1. The number of rotatable bonds is 3. The van der Waals surface area contributed by atoms with Crippen LogP contribution in [0.1, 0.15) is 19.8 Å². The zero-order valence-electron chi connectivity index (χ0n) is 4.68. The number of thiol groups is 1. The fraction of sp³-hybridized carbons (Fsp3) is 0.600. The van der Waals surface area contributed by atoms with Gasteiger partial charge in [-0.15, -0.1) is 12.6 Å². The van der Waals surface area contributed by atoms with Crippen LogP contribution in [0.15, 0.2) is 0 Å². The first-order chi connectivity index (χ1) is 3.66. The molecule has 0 aromatic rings. The van der Waals surface area contributed by atoms with Crippen LogP contribution in [-0.2, 0) is 9.59 Å². The lowest BCUT2D eigenvalue weighted by molar-refractivity contribution is -0.122. The van der Waals surface area contributed by atoms with Crippen LogP contribution >= 0.6 is 12.6 Å². The first-order valence-corrected chi connectivity index (χ1v) is 2.85. The average molecular weight is 132 g/mol. The third kappa shape index (κ3) is 3.87. The van der Waals surface area contributed by atoms with Crippen molar-refractivity contribution in [1.82, 2.24) is 0 Å². The summed E-state index contributed by atoms with van der Waals surface area (Å²) in [6, 6.07) is 0. The molecule has 0 spiro atoms. The van der Waals surface area contributed by atoms with E-state index in [0.29, 0.717) is 6.42 Å². The van der Waals surface area contributed by atoms with Gasteiger partial charge in [0.15, 0.2) is 5.12 Å². The quantitative estimate of drug-likeness (QED) is 0.455. The highest BCUT2D eigenvalue weighted by Crippen LogP contribution is 1.91.